The van der Waals surface area contributed by atoms with E-state index in [2.05, 4.69) is 10.3 Å². The first kappa shape index (κ1) is 19.9. The average molecular weight is 422 g/mol. The summed E-state index contributed by atoms with van der Waals surface area (Å²) in [6.45, 7) is 0. The van der Waals surface area contributed by atoms with Gasteiger partial charge in [-0.15, -0.1) is 0 Å². The lowest BCUT2D eigenvalue weighted by molar-refractivity contribution is -0.146. The minimum Gasteiger partial charge on any atom is -0.481 e. The van der Waals surface area contributed by atoms with Gasteiger partial charge in [0.05, 0.1) is 11.8 Å². The van der Waals surface area contributed by atoms with Crippen LogP contribution in [0.4, 0.5) is 5.82 Å². The second kappa shape index (κ2) is 8.27. The Kier molecular flexibility index (Phi) is 5.15. The van der Waals surface area contributed by atoms with Crippen LogP contribution in [0.1, 0.15) is 11.1 Å². The molecule has 2 aliphatic rings. The summed E-state index contributed by atoms with van der Waals surface area (Å²) in [6, 6.07) is 25.2. The van der Waals surface area contributed by atoms with Gasteiger partial charge in [0.15, 0.2) is 0 Å². The summed E-state index contributed by atoms with van der Waals surface area (Å²) in [7, 11) is 0. The lowest BCUT2D eigenvalue weighted by Crippen LogP contribution is -2.36. The Morgan fingerprint density at radius 2 is 1.31 bits per heavy atom. The molecule has 158 valence electrons. The van der Waals surface area contributed by atoms with Gasteiger partial charge in [-0.1, -0.05) is 78.9 Å². The number of anilines is 1. The van der Waals surface area contributed by atoms with Crippen LogP contribution >= 0.6 is 0 Å². The molecule has 0 unspecified atom stereocenters. The summed E-state index contributed by atoms with van der Waals surface area (Å²) in [6.07, 6.45) is 5.54. The number of carboxylic acid groups (broad SMARTS) is 1. The molecular formula is C27H22N2O3. The maximum atomic E-state index is 13.3. The number of nitrogens with one attached hydrogen (secondary N) is 1. The van der Waals surface area contributed by atoms with E-state index in [1.54, 1.807) is 24.4 Å². The molecule has 5 nitrogen and oxygen atoms in total. The van der Waals surface area contributed by atoms with Crippen molar-refractivity contribution in [2.45, 2.75) is 0 Å². The standard InChI is InChI=1S/C27H22N2O3/c30-26(29-21-13-7-8-16-28-21)24-19-14-15-20(25(24)27(31)32)23(19)22(17-9-3-1-4-10-17)18-11-5-2-6-12-18/h1-16,19-20,24-25H,(H,31,32)(H,28,29,30)/t19-,20-,24+,25-/m0/s1. The minimum atomic E-state index is -0.957. The summed E-state index contributed by atoms with van der Waals surface area (Å²) < 4.78 is 0. The predicted octanol–water partition coefficient (Wildman–Crippen LogP) is 4.66. The summed E-state index contributed by atoms with van der Waals surface area (Å²) in [5.41, 5.74) is 4.03. The van der Waals surface area contributed by atoms with Gasteiger partial charge in [-0.05, 0) is 34.4 Å². The first-order valence-corrected chi connectivity index (χ1v) is 10.6. The van der Waals surface area contributed by atoms with Gasteiger partial charge in [0.2, 0.25) is 5.91 Å². The van der Waals surface area contributed by atoms with Crippen LogP contribution in [0, 0.1) is 23.7 Å². The van der Waals surface area contributed by atoms with Crippen molar-refractivity contribution in [3.05, 3.63) is 114 Å². The third kappa shape index (κ3) is 3.42. The molecule has 2 N–H and O–H groups in total. The number of nitrogens with zero attached hydrogens (tertiary/aromatic N) is 1. The van der Waals surface area contributed by atoms with Crippen molar-refractivity contribution in [2.75, 3.05) is 5.32 Å². The molecule has 2 aromatic carbocycles. The van der Waals surface area contributed by atoms with Crippen molar-refractivity contribution in [3.63, 3.8) is 0 Å². The maximum absolute atomic E-state index is 13.3. The van der Waals surface area contributed by atoms with Gasteiger partial charge >= 0.3 is 5.97 Å². The van der Waals surface area contributed by atoms with Crippen molar-refractivity contribution >= 4 is 23.3 Å². The van der Waals surface area contributed by atoms with Crippen molar-refractivity contribution in [2.24, 2.45) is 23.7 Å². The van der Waals surface area contributed by atoms with Gasteiger partial charge in [-0.25, -0.2) is 4.98 Å². The van der Waals surface area contributed by atoms with Crippen molar-refractivity contribution < 1.29 is 14.7 Å². The second-order valence-electron chi connectivity index (χ2n) is 8.09. The SMILES string of the molecule is O=C(O)[C@@H]1[C@H](C(=O)Nc2ccccn2)[C@H]2C=C[C@H]1C2=C(c1ccccc1)c1ccccc1. The molecule has 1 heterocycles. The first-order chi connectivity index (χ1) is 15.6. The number of hydrogen-bond donors (Lipinski definition) is 2. The molecule has 32 heavy (non-hydrogen) atoms. The number of fused-ring (bicyclic) bond motifs is 2. The van der Waals surface area contributed by atoms with Crippen molar-refractivity contribution in [1.82, 2.24) is 4.98 Å². The fraction of sp³-hybridized carbons (Fsp3) is 0.148. The fourth-order valence-electron chi connectivity index (χ4n) is 5.06. The van der Waals surface area contributed by atoms with Crippen molar-refractivity contribution in [3.8, 4) is 0 Å². The van der Waals surface area contributed by atoms with Gasteiger partial charge < -0.3 is 10.4 Å². The summed E-state index contributed by atoms with van der Waals surface area (Å²) >= 11 is 0. The Hall–Kier alpha value is -3.99. The molecule has 5 rings (SSSR count). The van der Waals surface area contributed by atoms with E-state index < -0.39 is 17.8 Å². The molecule has 0 spiro atoms. The molecule has 2 aliphatic carbocycles. The van der Waals surface area contributed by atoms with Gasteiger partial charge in [-0.2, -0.15) is 0 Å². The number of aliphatic carboxylic acids is 1. The van der Waals surface area contributed by atoms with Crippen LogP contribution in [-0.4, -0.2) is 22.0 Å². The maximum Gasteiger partial charge on any atom is 0.308 e. The molecule has 4 atom stereocenters. The zero-order valence-corrected chi connectivity index (χ0v) is 17.3. The molecule has 3 aromatic rings. The number of benzene rings is 2. The van der Waals surface area contributed by atoms with Crippen LogP contribution in [0.3, 0.4) is 0 Å². The molecule has 1 aromatic heterocycles. The largest absolute Gasteiger partial charge is 0.481 e. The molecule has 0 aliphatic heterocycles. The lowest BCUT2D eigenvalue weighted by Gasteiger charge is -2.23. The number of aromatic nitrogens is 1. The Morgan fingerprint density at radius 3 is 1.84 bits per heavy atom. The van der Waals surface area contributed by atoms with E-state index >= 15 is 0 Å². The Balaban J connectivity index is 1.64. The zero-order chi connectivity index (χ0) is 22.1. The Labute approximate surface area is 186 Å². The average Bonchev–Trinajstić information content (AvgIpc) is 3.37. The molecule has 0 saturated heterocycles. The number of carboxylic acids is 1. The van der Waals surface area contributed by atoms with E-state index in [0.29, 0.717) is 5.82 Å². The van der Waals surface area contributed by atoms with Gasteiger partial charge in [0, 0.05) is 18.0 Å². The van der Waals surface area contributed by atoms with Crippen LogP contribution in [0.2, 0.25) is 0 Å². The quantitative estimate of drug-likeness (QED) is 0.587. The summed E-state index contributed by atoms with van der Waals surface area (Å²) in [5, 5.41) is 12.9. The van der Waals surface area contributed by atoms with E-state index in [1.807, 2.05) is 72.8 Å². The predicted molar refractivity (Wildman–Crippen MR) is 123 cm³/mol. The number of hydrogen-bond acceptors (Lipinski definition) is 3. The lowest BCUT2D eigenvalue weighted by atomic mass is 9.82. The summed E-state index contributed by atoms with van der Waals surface area (Å²) in [4.78, 5) is 29.8. The highest BCUT2D eigenvalue weighted by Gasteiger charge is 2.55. The number of carbonyl (C=O) groups is 2. The fourth-order valence-corrected chi connectivity index (χ4v) is 5.06. The highest BCUT2D eigenvalue weighted by Crippen LogP contribution is 2.55. The molecule has 1 fully saturated rings. The number of allylic oxidation sites excluding steroid dienone is 3. The van der Waals surface area contributed by atoms with E-state index in [1.165, 1.54) is 0 Å². The van der Waals surface area contributed by atoms with Crippen LogP contribution in [0.25, 0.3) is 5.57 Å². The topological polar surface area (TPSA) is 79.3 Å². The monoisotopic (exact) mass is 422 g/mol. The highest BCUT2D eigenvalue weighted by atomic mass is 16.4. The van der Waals surface area contributed by atoms with E-state index in [4.69, 9.17) is 0 Å². The zero-order valence-electron chi connectivity index (χ0n) is 17.3. The van der Waals surface area contributed by atoms with Crippen LogP contribution in [0.15, 0.2) is 103 Å². The Bertz CT molecular complexity index is 1160. The first-order valence-electron chi connectivity index (χ1n) is 10.6. The van der Waals surface area contributed by atoms with E-state index in [0.717, 1.165) is 22.3 Å². The molecule has 1 amide bonds. The van der Waals surface area contributed by atoms with E-state index in [-0.39, 0.29) is 17.7 Å². The molecular weight excluding hydrogens is 400 g/mol. The van der Waals surface area contributed by atoms with Gasteiger partial charge in [-0.3, -0.25) is 9.59 Å². The van der Waals surface area contributed by atoms with Crippen molar-refractivity contribution in [1.29, 1.82) is 0 Å². The molecule has 0 radical (unpaired) electrons. The minimum absolute atomic E-state index is 0.291. The van der Waals surface area contributed by atoms with E-state index in [9.17, 15) is 14.7 Å². The molecule has 2 bridgehead atoms. The second-order valence-corrected chi connectivity index (χ2v) is 8.09. The van der Waals surface area contributed by atoms with Gasteiger partial charge in [0.1, 0.15) is 5.82 Å². The highest BCUT2D eigenvalue weighted by molar-refractivity contribution is 5.98. The molecule has 5 heteroatoms. The van der Waals surface area contributed by atoms with Crippen LogP contribution in [0.5, 0.6) is 0 Å². The van der Waals surface area contributed by atoms with Crippen LogP contribution < -0.4 is 5.32 Å². The summed E-state index contributed by atoms with van der Waals surface area (Å²) in [5.74, 6) is -3.02. The third-order valence-electron chi connectivity index (χ3n) is 6.32. The molecule has 1 saturated carbocycles. The van der Waals surface area contributed by atoms with Crippen LogP contribution in [-0.2, 0) is 9.59 Å². The Morgan fingerprint density at radius 1 is 0.750 bits per heavy atom. The third-order valence-corrected chi connectivity index (χ3v) is 6.32. The number of rotatable bonds is 5. The van der Waals surface area contributed by atoms with Gasteiger partial charge in [0.25, 0.3) is 0 Å². The smallest absolute Gasteiger partial charge is 0.308 e. The number of pyridine rings is 1. The number of amides is 1. The normalized spacial score (nSPS) is 23.2. The number of carbonyl (C=O) groups excluding carboxylic acids is 1.